The van der Waals surface area contributed by atoms with Gasteiger partial charge in [-0.3, -0.25) is 0 Å². The topological polar surface area (TPSA) is 47.6 Å². The fourth-order valence-electron chi connectivity index (χ4n) is 3.14. The second-order valence-electron chi connectivity index (χ2n) is 6.03. The van der Waals surface area contributed by atoms with Crippen molar-refractivity contribution in [3.8, 4) is 0 Å². The number of rotatable bonds is 5. The molecule has 1 aliphatic heterocycles. The zero-order valence-corrected chi connectivity index (χ0v) is 13.9. The number of hydrogen-bond donors (Lipinski definition) is 1. The van der Waals surface area contributed by atoms with E-state index in [0.717, 1.165) is 24.9 Å². The van der Waals surface area contributed by atoms with E-state index in [2.05, 4.69) is 29.6 Å². The van der Waals surface area contributed by atoms with Gasteiger partial charge in [-0.1, -0.05) is 42.5 Å². The van der Waals surface area contributed by atoms with Crippen molar-refractivity contribution in [2.75, 3.05) is 13.7 Å². The molecular formula is C20H23NO3. The minimum atomic E-state index is -0.321. The smallest absolute Gasteiger partial charge is 0.337 e. The van der Waals surface area contributed by atoms with Crippen LogP contribution in [0.5, 0.6) is 0 Å². The van der Waals surface area contributed by atoms with Crippen molar-refractivity contribution in [3.63, 3.8) is 0 Å². The highest BCUT2D eigenvalue weighted by atomic mass is 16.5. The summed E-state index contributed by atoms with van der Waals surface area (Å²) < 4.78 is 11.0. The lowest BCUT2D eigenvalue weighted by molar-refractivity contribution is -0.00359. The zero-order valence-electron chi connectivity index (χ0n) is 13.9. The molecule has 0 saturated carbocycles. The number of esters is 1. The Kier molecular flexibility index (Phi) is 5.62. The summed E-state index contributed by atoms with van der Waals surface area (Å²) in [4.78, 5) is 11.6. The van der Waals surface area contributed by atoms with E-state index in [1.54, 1.807) is 6.07 Å². The van der Waals surface area contributed by atoms with Crippen LogP contribution < -0.4 is 5.32 Å². The molecule has 1 aliphatic rings. The standard InChI is InChI=1S/C20H23NO3/c1-23-20(22)17-10-5-7-15(13-17)14-24-18-11-6-12-21-19(18)16-8-3-2-4-9-16/h2-5,7-10,13,18-19,21H,6,11-12,14H2,1H3. The largest absolute Gasteiger partial charge is 0.465 e. The van der Waals surface area contributed by atoms with Gasteiger partial charge in [-0.05, 0) is 42.6 Å². The first-order valence-corrected chi connectivity index (χ1v) is 8.35. The normalized spacial score (nSPS) is 20.5. The van der Waals surface area contributed by atoms with Crippen molar-refractivity contribution in [1.82, 2.24) is 5.32 Å². The number of hydrogen-bond acceptors (Lipinski definition) is 4. The summed E-state index contributed by atoms with van der Waals surface area (Å²) in [5.41, 5.74) is 2.79. The summed E-state index contributed by atoms with van der Waals surface area (Å²) in [5, 5.41) is 3.56. The highest BCUT2D eigenvalue weighted by molar-refractivity contribution is 5.89. The third kappa shape index (κ3) is 4.02. The van der Waals surface area contributed by atoms with Crippen LogP contribution in [-0.2, 0) is 16.1 Å². The first-order valence-electron chi connectivity index (χ1n) is 8.35. The van der Waals surface area contributed by atoms with E-state index in [0.29, 0.717) is 12.2 Å². The summed E-state index contributed by atoms with van der Waals surface area (Å²) >= 11 is 0. The quantitative estimate of drug-likeness (QED) is 0.855. The maximum atomic E-state index is 11.6. The SMILES string of the molecule is COC(=O)c1cccc(COC2CCCNC2c2ccccc2)c1. The van der Waals surface area contributed by atoms with E-state index < -0.39 is 0 Å². The average Bonchev–Trinajstić information content (AvgIpc) is 2.67. The van der Waals surface area contributed by atoms with Crippen LogP contribution in [0.25, 0.3) is 0 Å². The number of carbonyl (C=O) groups is 1. The molecule has 4 nitrogen and oxygen atoms in total. The summed E-state index contributed by atoms with van der Waals surface area (Å²) in [5.74, 6) is -0.321. The highest BCUT2D eigenvalue weighted by Crippen LogP contribution is 2.27. The van der Waals surface area contributed by atoms with E-state index in [9.17, 15) is 4.79 Å². The van der Waals surface area contributed by atoms with Crippen LogP contribution >= 0.6 is 0 Å². The predicted octanol–water partition coefficient (Wildman–Crippen LogP) is 3.48. The van der Waals surface area contributed by atoms with Crippen LogP contribution in [0.4, 0.5) is 0 Å². The second kappa shape index (κ2) is 8.08. The van der Waals surface area contributed by atoms with Gasteiger partial charge in [0.2, 0.25) is 0 Å². The number of piperidine rings is 1. The molecule has 2 aromatic carbocycles. The Morgan fingerprint density at radius 1 is 1.17 bits per heavy atom. The summed E-state index contributed by atoms with van der Waals surface area (Å²) in [6.45, 7) is 1.50. The molecule has 126 valence electrons. The first kappa shape index (κ1) is 16.7. The van der Waals surface area contributed by atoms with Crippen LogP contribution in [0.15, 0.2) is 54.6 Å². The fourth-order valence-corrected chi connectivity index (χ4v) is 3.14. The van der Waals surface area contributed by atoms with Gasteiger partial charge < -0.3 is 14.8 Å². The summed E-state index contributed by atoms with van der Waals surface area (Å²) in [7, 11) is 1.39. The lowest BCUT2D eigenvalue weighted by atomic mass is 9.94. The molecule has 0 radical (unpaired) electrons. The first-order chi connectivity index (χ1) is 11.8. The monoisotopic (exact) mass is 325 g/mol. The van der Waals surface area contributed by atoms with Crippen molar-refractivity contribution in [1.29, 1.82) is 0 Å². The lowest BCUT2D eigenvalue weighted by Gasteiger charge is -2.33. The Balaban J connectivity index is 1.67. The van der Waals surface area contributed by atoms with Gasteiger partial charge >= 0.3 is 5.97 Å². The molecule has 2 unspecified atom stereocenters. The molecule has 1 saturated heterocycles. The van der Waals surface area contributed by atoms with Crippen LogP contribution in [-0.4, -0.2) is 25.7 Å². The number of ether oxygens (including phenoxy) is 2. The molecule has 0 spiro atoms. The maximum Gasteiger partial charge on any atom is 0.337 e. The van der Waals surface area contributed by atoms with Crippen LogP contribution in [0, 0.1) is 0 Å². The van der Waals surface area contributed by atoms with Crippen molar-refractivity contribution in [2.24, 2.45) is 0 Å². The maximum absolute atomic E-state index is 11.6. The van der Waals surface area contributed by atoms with E-state index >= 15 is 0 Å². The molecule has 0 amide bonds. The number of methoxy groups -OCH3 is 1. The van der Waals surface area contributed by atoms with Crippen molar-refractivity contribution in [3.05, 3.63) is 71.3 Å². The average molecular weight is 325 g/mol. The number of nitrogens with one attached hydrogen (secondary N) is 1. The third-order valence-electron chi connectivity index (χ3n) is 4.37. The third-order valence-corrected chi connectivity index (χ3v) is 4.37. The van der Waals surface area contributed by atoms with Crippen LogP contribution in [0.1, 0.15) is 40.4 Å². The molecule has 0 aromatic heterocycles. The fraction of sp³-hybridized carbons (Fsp3) is 0.350. The zero-order chi connectivity index (χ0) is 16.8. The molecule has 2 atom stereocenters. The van der Waals surface area contributed by atoms with Gasteiger partial charge in [-0.25, -0.2) is 4.79 Å². The van der Waals surface area contributed by atoms with E-state index in [1.165, 1.54) is 12.7 Å². The molecule has 0 aliphatic carbocycles. The van der Waals surface area contributed by atoms with E-state index in [4.69, 9.17) is 9.47 Å². The minimum Gasteiger partial charge on any atom is -0.465 e. The molecule has 1 heterocycles. The van der Waals surface area contributed by atoms with Crippen molar-refractivity contribution in [2.45, 2.75) is 31.6 Å². The molecule has 0 bridgehead atoms. The Hall–Kier alpha value is -2.17. The minimum absolute atomic E-state index is 0.128. The van der Waals surface area contributed by atoms with Crippen molar-refractivity contribution < 1.29 is 14.3 Å². The van der Waals surface area contributed by atoms with Gasteiger partial charge in [-0.2, -0.15) is 0 Å². The predicted molar refractivity (Wildman–Crippen MR) is 92.8 cm³/mol. The molecular weight excluding hydrogens is 302 g/mol. The molecule has 3 rings (SSSR count). The van der Waals surface area contributed by atoms with Gasteiger partial charge in [0, 0.05) is 0 Å². The van der Waals surface area contributed by atoms with Gasteiger partial charge in [0.05, 0.1) is 31.4 Å². The lowest BCUT2D eigenvalue weighted by Crippen LogP contribution is -2.39. The number of carbonyl (C=O) groups excluding carboxylic acids is 1. The molecule has 4 heteroatoms. The second-order valence-corrected chi connectivity index (χ2v) is 6.03. The van der Waals surface area contributed by atoms with Gasteiger partial charge in [0.25, 0.3) is 0 Å². The Morgan fingerprint density at radius 2 is 2.00 bits per heavy atom. The van der Waals surface area contributed by atoms with Crippen LogP contribution in [0.2, 0.25) is 0 Å². The Labute approximate surface area is 142 Å². The van der Waals surface area contributed by atoms with Crippen LogP contribution in [0.3, 0.4) is 0 Å². The molecule has 2 aromatic rings. The van der Waals surface area contributed by atoms with Gasteiger partial charge in [0.1, 0.15) is 0 Å². The summed E-state index contributed by atoms with van der Waals surface area (Å²) in [6, 6.07) is 18.0. The Bertz CT molecular complexity index is 672. The summed E-state index contributed by atoms with van der Waals surface area (Å²) in [6.07, 6.45) is 2.27. The Morgan fingerprint density at radius 3 is 2.79 bits per heavy atom. The van der Waals surface area contributed by atoms with Crippen molar-refractivity contribution >= 4 is 5.97 Å². The van der Waals surface area contributed by atoms with E-state index in [-0.39, 0.29) is 18.1 Å². The van der Waals surface area contributed by atoms with Gasteiger partial charge in [-0.15, -0.1) is 0 Å². The molecule has 24 heavy (non-hydrogen) atoms. The van der Waals surface area contributed by atoms with Gasteiger partial charge in [0.15, 0.2) is 0 Å². The van der Waals surface area contributed by atoms with E-state index in [1.807, 2.05) is 24.3 Å². The highest BCUT2D eigenvalue weighted by Gasteiger charge is 2.26. The number of benzene rings is 2. The molecule has 1 fully saturated rings. The molecule has 1 N–H and O–H groups in total.